The van der Waals surface area contributed by atoms with Crippen LogP contribution in [0.5, 0.6) is 5.75 Å². The van der Waals surface area contributed by atoms with Gasteiger partial charge in [0.25, 0.3) is 0 Å². The molecule has 2 aliphatic rings. The van der Waals surface area contributed by atoms with Crippen LogP contribution in [0.2, 0.25) is 0 Å². The number of ether oxygens (including phenoxy) is 1. The lowest BCUT2D eigenvalue weighted by molar-refractivity contribution is 0.0311. The van der Waals surface area contributed by atoms with Crippen molar-refractivity contribution in [3.8, 4) is 5.75 Å². The standard InChI is InChI=1S/C16H20O2/c17-12-13-5-6-15-14(11-13)7-10-16(18-15)8-3-1-2-4-9-16/h5-6,11-12H,1-4,7-10H2. The van der Waals surface area contributed by atoms with Crippen molar-refractivity contribution in [1.29, 1.82) is 0 Å². The largest absolute Gasteiger partial charge is 0.487 e. The van der Waals surface area contributed by atoms with E-state index in [1.807, 2.05) is 18.2 Å². The van der Waals surface area contributed by atoms with Crippen LogP contribution in [0.15, 0.2) is 18.2 Å². The first-order valence-electron chi connectivity index (χ1n) is 7.08. The highest BCUT2D eigenvalue weighted by molar-refractivity contribution is 5.75. The molecular formula is C16H20O2. The number of fused-ring (bicyclic) bond motifs is 1. The third kappa shape index (κ3) is 2.16. The number of hydrogen-bond donors (Lipinski definition) is 0. The fraction of sp³-hybridized carbons (Fsp3) is 0.562. The van der Waals surface area contributed by atoms with Gasteiger partial charge in [0, 0.05) is 5.56 Å². The first-order valence-corrected chi connectivity index (χ1v) is 7.08. The molecule has 1 aromatic carbocycles. The van der Waals surface area contributed by atoms with Crippen LogP contribution in [0.4, 0.5) is 0 Å². The van der Waals surface area contributed by atoms with Gasteiger partial charge in [-0.2, -0.15) is 0 Å². The molecule has 0 atom stereocenters. The lowest BCUT2D eigenvalue weighted by Crippen LogP contribution is -2.39. The minimum Gasteiger partial charge on any atom is -0.487 e. The number of benzene rings is 1. The lowest BCUT2D eigenvalue weighted by atomic mass is 9.84. The van der Waals surface area contributed by atoms with Gasteiger partial charge in [-0.3, -0.25) is 4.79 Å². The van der Waals surface area contributed by atoms with Gasteiger partial charge in [-0.25, -0.2) is 0 Å². The molecule has 0 bridgehead atoms. The van der Waals surface area contributed by atoms with Gasteiger partial charge >= 0.3 is 0 Å². The Kier molecular flexibility index (Phi) is 3.11. The minimum absolute atomic E-state index is 0.0895. The number of aryl methyl sites for hydroxylation is 1. The molecule has 2 heteroatoms. The van der Waals surface area contributed by atoms with Crippen molar-refractivity contribution in [2.24, 2.45) is 0 Å². The number of carbonyl (C=O) groups is 1. The SMILES string of the molecule is O=Cc1ccc2c(c1)CCC1(CCCCCC1)O2. The second kappa shape index (κ2) is 4.75. The third-order valence-corrected chi connectivity index (χ3v) is 4.41. The summed E-state index contributed by atoms with van der Waals surface area (Å²) in [5, 5.41) is 0. The Hall–Kier alpha value is -1.31. The highest BCUT2D eigenvalue weighted by atomic mass is 16.5. The highest BCUT2D eigenvalue weighted by Crippen LogP contribution is 2.41. The molecule has 0 unspecified atom stereocenters. The van der Waals surface area contributed by atoms with E-state index in [0.29, 0.717) is 0 Å². The summed E-state index contributed by atoms with van der Waals surface area (Å²) in [6, 6.07) is 5.82. The van der Waals surface area contributed by atoms with Crippen molar-refractivity contribution >= 4 is 6.29 Å². The second-order valence-electron chi connectivity index (χ2n) is 5.68. The van der Waals surface area contributed by atoms with Crippen molar-refractivity contribution in [2.75, 3.05) is 0 Å². The molecule has 3 rings (SSSR count). The summed E-state index contributed by atoms with van der Waals surface area (Å²) in [7, 11) is 0. The number of carbonyl (C=O) groups excluding carboxylic acids is 1. The van der Waals surface area contributed by atoms with Gasteiger partial charge in [0.1, 0.15) is 17.6 Å². The summed E-state index contributed by atoms with van der Waals surface area (Å²) in [4.78, 5) is 10.8. The van der Waals surface area contributed by atoms with Crippen LogP contribution in [0, 0.1) is 0 Å². The van der Waals surface area contributed by atoms with Crippen LogP contribution in [0.1, 0.15) is 60.9 Å². The molecule has 0 aromatic heterocycles. The van der Waals surface area contributed by atoms with Gasteiger partial charge in [-0.15, -0.1) is 0 Å². The molecule has 18 heavy (non-hydrogen) atoms. The summed E-state index contributed by atoms with van der Waals surface area (Å²) in [6.07, 6.45) is 10.8. The van der Waals surface area contributed by atoms with E-state index in [1.165, 1.54) is 44.1 Å². The Morgan fingerprint density at radius 1 is 1.06 bits per heavy atom. The second-order valence-corrected chi connectivity index (χ2v) is 5.68. The van der Waals surface area contributed by atoms with E-state index in [0.717, 1.165) is 30.4 Å². The van der Waals surface area contributed by atoms with Crippen LogP contribution in [0.3, 0.4) is 0 Å². The molecule has 0 N–H and O–H groups in total. The molecule has 1 aromatic rings. The van der Waals surface area contributed by atoms with Crippen LogP contribution in [-0.4, -0.2) is 11.9 Å². The van der Waals surface area contributed by atoms with Crippen LogP contribution in [0.25, 0.3) is 0 Å². The Morgan fingerprint density at radius 2 is 1.83 bits per heavy atom. The average Bonchev–Trinajstić information content (AvgIpc) is 2.64. The monoisotopic (exact) mass is 244 g/mol. The molecule has 96 valence electrons. The molecule has 1 spiro atoms. The highest BCUT2D eigenvalue weighted by Gasteiger charge is 2.36. The van der Waals surface area contributed by atoms with Crippen molar-refractivity contribution in [3.63, 3.8) is 0 Å². The van der Waals surface area contributed by atoms with Crippen LogP contribution < -0.4 is 4.74 Å². The van der Waals surface area contributed by atoms with E-state index in [-0.39, 0.29) is 5.60 Å². The Morgan fingerprint density at radius 3 is 2.56 bits per heavy atom. The minimum atomic E-state index is 0.0895. The van der Waals surface area contributed by atoms with Gasteiger partial charge in [0.2, 0.25) is 0 Å². The maximum atomic E-state index is 10.8. The predicted molar refractivity (Wildman–Crippen MR) is 71.2 cm³/mol. The smallest absolute Gasteiger partial charge is 0.150 e. The van der Waals surface area contributed by atoms with E-state index in [1.54, 1.807) is 0 Å². The number of aldehydes is 1. The van der Waals surface area contributed by atoms with Crippen molar-refractivity contribution in [1.82, 2.24) is 0 Å². The first-order chi connectivity index (χ1) is 8.81. The van der Waals surface area contributed by atoms with Crippen molar-refractivity contribution in [2.45, 2.75) is 57.0 Å². The normalized spacial score (nSPS) is 21.8. The average molecular weight is 244 g/mol. The molecule has 0 saturated heterocycles. The third-order valence-electron chi connectivity index (χ3n) is 4.41. The molecule has 1 aliphatic heterocycles. The van der Waals surface area contributed by atoms with Gasteiger partial charge in [-0.1, -0.05) is 12.8 Å². The Balaban J connectivity index is 1.85. The maximum Gasteiger partial charge on any atom is 0.150 e. The van der Waals surface area contributed by atoms with E-state index in [9.17, 15) is 4.79 Å². The summed E-state index contributed by atoms with van der Waals surface area (Å²) in [5.41, 5.74) is 2.05. The molecule has 1 saturated carbocycles. The maximum absolute atomic E-state index is 10.8. The zero-order valence-electron chi connectivity index (χ0n) is 10.8. The number of hydrogen-bond acceptors (Lipinski definition) is 2. The molecule has 1 fully saturated rings. The molecule has 2 nitrogen and oxygen atoms in total. The summed E-state index contributed by atoms with van der Waals surface area (Å²) < 4.78 is 6.32. The molecule has 0 radical (unpaired) electrons. The quantitative estimate of drug-likeness (QED) is 0.700. The zero-order chi connectivity index (χ0) is 12.4. The van der Waals surface area contributed by atoms with E-state index < -0.39 is 0 Å². The number of rotatable bonds is 1. The predicted octanol–water partition coefficient (Wildman–Crippen LogP) is 3.92. The summed E-state index contributed by atoms with van der Waals surface area (Å²) in [6.45, 7) is 0. The molecule has 1 aliphatic carbocycles. The van der Waals surface area contributed by atoms with Gasteiger partial charge in [-0.05, 0) is 62.3 Å². The molecule has 1 heterocycles. The Bertz CT molecular complexity index is 442. The molecular weight excluding hydrogens is 224 g/mol. The fourth-order valence-corrected chi connectivity index (χ4v) is 3.34. The van der Waals surface area contributed by atoms with Gasteiger partial charge in [0.05, 0.1) is 0 Å². The van der Waals surface area contributed by atoms with Crippen LogP contribution >= 0.6 is 0 Å². The lowest BCUT2D eigenvalue weighted by Gasteiger charge is -2.38. The van der Waals surface area contributed by atoms with Crippen molar-refractivity contribution < 1.29 is 9.53 Å². The first kappa shape index (κ1) is 11.8. The van der Waals surface area contributed by atoms with E-state index in [4.69, 9.17) is 4.74 Å². The Labute approximate surface area is 108 Å². The van der Waals surface area contributed by atoms with Gasteiger partial charge < -0.3 is 4.74 Å². The van der Waals surface area contributed by atoms with Crippen LogP contribution in [-0.2, 0) is 6.42 Å². The van der Waals surface area contributed by atoms with Crippen molar-refractivity contribution in [3.05, 3.63) is 29.3 Å². The van der Waals surface area contributed by atoms with Gasteiger partial charge in [0.15, 0.2) is 0 Å². The fourth-order valence-electron chi connectivity index (χ4n) is 3.34. The zero-order valence-corrected chi connectivity index (χ0v) is 10.8. The summed E-state index contributed by atoms with van der Waals surface area (Å²) in [5.74, 6) is 1.01. The molecule has 0 amide bonds. The summed E-state index contributed by atoms with van der Waals surface area (Å²) >= 11 is 0. The van der Waals surface area contributed by atoms with E-state index >= 15 is 0 Å². The topological polar surface area (TPSA) is 26.3 Å². The van der Waals surface area contributed by atoms with E-state index in [2.05, 4.69) is 0 Å².